The van der Waals surface area contributed by atoms with Gasteiger partial charge in [-0.3, -0.25) is 4.79 Å². The first kappa shape index (κ1) is 15.6. The van der Waals surface area contributed by atoms with Crippen LogP contribution in [0.15, 0.2) is 48.5 Å². The third kappa shape index (κ3) is 4.07. The molecule has 0 spiro atoms. The lowest BCUT2D eigenvalue weighted by molar-refractivity contribution is 0.104. The Morgan fingerprint density at radius 2 is 1.67 bits per heavy atom. The molecule has 108 valence electrons. The number of allylic oxidation sites excluding steroid dienone is 1. The third-order valence-corrected chi connectivity index (χ3v) is 3.68. The van der Waals surface area contributed by atoms with Gasteiger partial charge in [0, 0.05) is 9.13 Å². The van der Waals surface area contributed by atoms with Crippen molar-refractivity contribution in [1.29, 1.82) is 0 Å². The van der Waals surface area contributed by atoms with Crippen molar-refractivity contribution in [2.24, 2.45) is 0 Å². The lowest BCUT2D eigenvalue weighted by Crippen LogP contribution is -1.94. The molecule has 0 bridgehead atoms. The highest BCUT2D eigenvalue weighted by Gasteiger charge is 2.04. The van der Waals surface area contributed by atoms with Crippen molar-refractivity contribution < 1.29 is 14.3 Å². The largest absolute Gasteiger partial charge is 0.493 e. The molecule has 21 heavy (non-hydrogen) atoms. The molecular weight excluding hydrogens is 379 g/mol. The van der Waals surface area contributed by atoms with Gasteiger partial charge >= 0.3 is 0 Å². The van der Waals surface area contributed by atoms with Crippen LogP contribution in [-0.4, -0.2) is 20.0 Å². The Morgan fingerprint density at radius 3 is 2.29 bits per heavy atom. The van der Waals surface area contributed by atoms with E-state index in [0.29, 0.717) is 17.1 Å². The van der Waals surface area contributed by atoms with Crippen molar-refractivity contribution in [2.45, 2.75) is 0 Å². The predicted molar refractivity (Wildman–Crippen MR) is 92.1 cm³/mol. The van der Waals surface area contributed by atoms with Gasteiger partial charge in [-0.25, -0.2) is 0 Å². The smallest absolute Gasteiger partial charge is 0.185 e. The van der Waals surface area contributed by atoms with Gasteiger partial charge in [0.1, 0.15) is 0 Å². The lowest BCUT2D eigenvalue weighted by Gasteiger charge is -2.07. The lowest BCUT2D eigenvalue weighted by atomic mass is 10.1. The minimum absolute atomic E-state index is 0.0267. The normalized spacial score (nSPS) is 10.6. The molecule has 0 saturated heterocycles. The molecule has 2 rings (SSSR count). The topological polar surface area (TPSA) is 35.5 Å². The third-order valence-electron chi connectivity index (χ3n) is 2.96. The number of ether oxygens (including phenoxy) is 2. The summed E-state index contributed by atoms with van der Waals surface area (Å²) in [6.45, 7) is 0. The second kappa shape index (κ2) is 7.26. The molecule has 0 atom stereocenters. The number of hydrogen-bond donors (Lipinski definition) is 0. The van der Waals surface area contributed by atoms with E-state index in [1.165, 1.54) is 0 Å². The van der Waals surface area contributed by atoms with Crippen molar-refractivity contribution in [3.05, 3.63) is 63.2 Å². The van der Waals surface area contributed by atoms with Crippen molar-refractivity contribution in [2.75, 3.05) is 14.2 Å². The maximum absolute atomic E-state index is 12.1. The predicted octanol–water partition coefficient (Wildman–Crippen LogP) is 4.20. The quantitative estimate of drug-likeness (QED) is 0.433. The van der Waals surface area contributed by atoms with Gasteiger partial charge in [-0.2, -0.15) is 0 Å². The number of ketones is 1. The summed E-state index contributed by atoms with van der Waals surface area (Å²) in [5.41, 5.74) is 1.55. The summed E-state index contributed by atoms with van der Waals surface area (Å²) in [5.74, 6) is 1.28. The monoisotopic (exact) mass is 394 g/mol. The van der Waals surface area contributed by atoms with E-state index < -0.39 is 0 Å². The van der Waals surface area contributed by atoms with E-state index in [0.717, 1.165) is 9.13 Å². The number of benzene rings is 2. The number of carbonyl (C=O) groups excluding carboxylic acids is 1. The summed E-state index contributed by atoms with van der Waals surface area (Å²) in [5, 5.41) is 0. The highest BCUT2D eigenvalue weighted by molar-refractivity contribution is 14.1. The summed E-state index contributed by atoms with van der Waals surface area (Å²) in [6.07, 6.45) is 3.33. The van der Waals surface area contributed by atoms with Gasteiger partial charge in [-0.15, -0.1) is 0 Å². The molecule has 4 heteroatoms. The Bertz CT molecular complexity index is 660. The molecule has 0 aromatic heterocycles. The van der Waals surface area contributed by atoms with Crippen LogP contribution >= 0.6 is 22.6 Å². The van der Waals surface area contributed by atoms with Crippen LogP contribution in [0.2, 0.25) is 0 Å². The van der Waals surface area contributed by atoms with E-state index in [1.54, 1.807) is 26.4 Å². The average molecular weight is 394 g/mol. The van der Waals surface area contributed by atoms with E-state index in [2.05, 4.69) is 22.6 Å². The Balaban J connectivity index is 2.17. The number of carbonyl (C=O) groups is 1. The fraction of sp³-hybridized carbons (Fsp3) is 0.118. The standard InChI is InChI=1S/C17H15IO3/c1-20-16-10-4-12(11-17(16)21-2)3-9-15(19)13-5-7-14(18)8-6-13/h3-11H,1-2H3/b9-3+. The van der Waals surface area contributed by atoms with Crippen LogP contribution in [0.25, 0.3) is 6.08 Å². The zero-order chi connectivity index (χ0) is 15.2. The fourth-order valence-electron chi connectivity index (χ4n) is 1.84. The zero-order valence-corrected chi connectivity index (χ0v) is 14.0. The second-order valence-electron chi connectivity index (χ2n) is 4.32. The van der Waals surface area contributed by atoms with E-state index >= 15 is 0 Å². The molecule has 0 heterocycles. The summed E-state index contributed by atoms with van der Waals surface area (Å²) < 4.78 is 11.5. The van der Waals surface area contributed by atoms with Crippen molar-refractivity contribution in [3.8, 4) is 11.5 Å². The van der Waals surface area contributed by atoms with Crippen LogP contribution < -0.4 is 9.47 Å². The summed E-state index contributed by atoms with van der Waals surface area (Å²) >= 11 is 2.21. The van der Waals surface area contributed by atoms with Gasteiger partial charge in [0.25, 0.3) is 0 Å². The first-order valence-electron chi connectivity index (χ1n) is 6.34. The number of halogens is 1. The first-order valence-corrected chi connectivity index (χ1v) is 7.42. The second-order valence-corrected chi connectivity index (χ2v) is 5.56. The molecule has 0 saturated carbocycles. The van der Waals surface area contributed by atoms with Gasteiger partial charge in [0.05, 0.1) is 14.2 Å². The van der Waals surface area contributed by atoms with Crippen LogP contribution in [0.4, 0.5) is 0 Å². The van der Waals surface area contributed by atoms with Crippen LogP contribution in [0.5, 0.6) is 11.5 Å². The molecule has 0 radical (unpaired) electrons. The molecular formula is C17H15IO3. The summed E-state index contributed by atoms with van der Waals surface area (Å²) in [7, 11) is 3.18. The van der Waals surface area contributed by atoms with Crippen LogP contribution in [0.3, 0.4) is 0 Å². The van der Waals surface area contributed by atoms with Crippen molar-refractivity contribution >= 4 is 34.5 Å². The Kier molecular flexibility index (Phi) is 5.38. The zero-order valence-electron chi connectivity index (χ0n) is 11.8. The summed E-state index contributed by atoms with van der Waals surface area (Å²) in [4.78, 5) is 12.1. The SMILES string of the molecule is COc1ccc(/C=C/C(=O)c2ccc(I)cc2)cc1OC. The fourth-order valence-corrected chi connectivity index (χ4v) is 2.20. The highest BCUT2D eigenvalue weighted by atomic mass is 127. The Hall–Kier alpha value is -1.82. The van der Waals surface area contributed by atoms with Crippen LogP contribution in [-0.2, 0) is 0 Å². The molecule has 0 aliphatic heterocycles. The van der Waals surface area contributed by atoms with Gasteiger partial charge < -0.3 is 9.47 Å². The number of rotatable bonds is 5. The van der Waals surface area contributed by atoms with Gasteiger partial charge in [-0.1, -0.05) is 24.3 Å². The molecule has 0 amide bonds. The first-order chi connectivity index (χ1) is 10.1. The van der Waals surface area contributed by atoms with Gasteiger partial charge in [0.15, 0.2) is 17.3 Å². The van der Waals surface area contributed by atoms with Gasteiger partial charge in [0.2, 0.25) is 0 Å². The number of methoxy groups -OCH3 is 2. The van der Waals surface area contributed by atoms with E-state index in [-0.39, 0.29) is 5.78 Å². The van der Waals surface area contributed by atoms with E-state index in [9.17, 15) is 4.79 Å². The minimum Gasteiger partial charge on any atom is -0.493 e. The maximum atomic E-state index is 12.1. The Morgan fingerprint density at radius 1 is 1.00 bits per heavy atom. The van der Waals surface area contributed by atoms with Crippen LogP contribution in [0.1, 0.15) is 15.9 Å². The van der Waals surface area contributed by atoms with E-state index in [4.69, 9.17) is 9.47 Å². The molecule has 0 fully saturated rings. The summed E-state index contributed by atoms with van der Waals surface area (Å²) in [6, 6.07) is 13.0. The molecule has 0 aliphatic carbocycles. The van der Waals surface area contributed by atoms with E-state index in [1.807, 2.05) is 42.5 Å². The molecule has 0 unspecified atom stereocenters. The average Bonchev–Trinajstić information content (AvgIpc) is 2.52. The molecule has 2 aromatic carbocycles. The molecule has 0 N–H and O–H groups in total. The molecule has 3 nitrogen and oxygen atoms in total. The highest BCUT2D eigenvalue weighted by Crippen LogP contribution is 2.28. The maximum Gasteiger partial charge on any atom is 0.185 e. The minimum atomic E-state index is -0.0267. The Labute approximate surface area is 137 Å². The van der Waals surface area contributed by atoms with Crippen molar-refractivity contribution in [3.63, 3.8) is 0 Å². The molecule has 0 aliphatic rings. The van der Waals surface area contributed by atoms with Crippen molar-refractivity contribution in [1.82, 2.24) is 0 Å². The number of hydrogen-bond acceptors (Lipinski definition) is 3. The van der Waals surface area contributed by atoms with Gasteiger partial charge in [-0.05, 0) is 58.5 Å². The molecule has 2 aromatic rings. The van der Waals surface area contributed by atoms with Crippen LogP contribution in [0, 0.1) is 3.57 Å².